The van der Waals surface area contributed by atoms with Crippen molar-refractivity contribution in [3.8, 4) is 0 Å². The number of carbonyl (C=O) groups excluding carboxylic acids is 1. The first-order valence-corrected chi connectivity index (χ1v) is 9.96. The van der Waals surface area contributed by atoms with Crippen LogP contribution in [0.5, 0.6) is 0 Å². The lowest BCUT2D eigenvalue weighted by Crippen LogP contribution is -2.32. The maximum Gasteiger partial charge on any atom is 0.225 e. The molecule has 0 unspecified atom stereocenters. The van der Waals surface area contributed by atoms with Gasteiger partial charge in [0.05, 0.1) is 6.26 Å². The number of nitrogens with zero attached hydrogens (tertiary/aromatic N) is 1. The third kappa shape index (κ3) is 5.99. The molecular formula is C19H24N2O3S. The Balaban J connectivity index is 1.99. The Hall–Kier alpha value is -2.18. The largest absolute Gasteiger partial charge is 0.326 e. The molecule has 0 fully saturated rings. The first-order chi connectivity index (χ1) is 11.8. The number of rotatable bonds is 7. The number of hydrogen-bond donors (Lipinski definition) is 1. The summed E-state index contributed by atoms with van der Waals surface area (Å²) in [6, 6.07) is 15.1. The predicted molar refractivity (Wildman–Crippen MR) is 101 cm³/mol. The number of nitrogens with one attached hydrogen (secondary N) is 1. The van der Waals surface area contributed by atoms with Crippen molar-refractivity contribution >= 4 is 21.6 Å². The van der Waals surface area contributed by atoms with Crippen LogP contribution in [0.15, 0.2) is 48.5 Å². The normalized spacial score (nSPS) is 11.5. The number of sulfonamides is 1. The summed E-state index contributed by atoms with van der Waals surface area (Å²) < 4.78 is 25.3. The number of hydrogen-bond acceptors (Lipinski definition) is 3. The molecule has 0 radical (unpaired) electrons. The molecule has 6 heteroatoms. The van der Waals surface area contributed by atoms with E-state index < -0.39 is 10.0 Å². The van der Waals surface area contributed by atoms with Gasteiger partial charge in [0.1, 0.15) is 0 Å². The third-order valence-electron chi connectivity index (χ3n) is 3.92. The molecule has 0 heterocycles. The molecule has 0 aromatic heterocycles. The Morgan fingerprint density at radius 1 is 1.08 bits per heavy atom. The van der Waals surface area contributed by atoms with E-state index >= 15 is 0 Å². The van der Waals surface area contributed by atoms with Crippen LogP contribution in [0.1, 0.15) is 23.1 Å². The molecule has 0 spiro atoms. The van der Waals surface area contributed by atoms with Gasteiger partial charge in [-0.1, -0.05) is 48.0 Å². The van der Waals surface area contributed by atoms with Crippen molar-refractivity contribution < 1.29 is 13.2 Å². The zero-order chi connectivity index (χ0) is 18.4. The molecule has 0 saturated heterocycles. The van der Waals surface area contributed by atoms with Crippen LogP contribution in [0.2, 0.25) is 0 Å². The molecule has 25 heavy (non-hydrogen) atoms. The standard InChI is InChI=1S/C19H24N2O3S/c1-15-9-10-18(16(2)13-15)20-19(22)11-12-21(25(3,23)24)14-17-7-5-4-6-8-17/h4-10,13H,11-12,14H2,1-3H3,(H,20,22). The Morgan fingerprint density at radius 2 is 1.76 bits per heavy atom. The number of aryl methyl sites for hydroxylation is 2. The van der Waals surface area contributed by atoms with E-state index in [1.165, 1.54) is 4.31 Å². The minimum Gasteiger partial charge on any atom is -0.326 e. The number of carbonyl (C=O) groups is 1. The van der Waals surface area contributed by atoms with Crippen LogP contribution < -0.4 is 5.32 Å². The van der Waals surface area contributed by atoms with E-state index in [-0.39, 0.29) is 25.4 Å². The van der Waals surface area contributed by atoms with Crippen molar-refractivity contribution in [1.29, 1.82) is 0 Å². The van der Waals surface area contributed by atoms with Gasteiger partial charge in [0.2, 0.25) is 15.9 Å². The van der Waals surface area contributed by atoms with Crippen molar-refractivity contribution in [2.24, 2.45) is 0 Å². The van der Waals surface area contributed by atoms with E-state index in [2.05, 4.69) is 5.32 Å². The quantitative estimate of drug-likeness (QED) is 0.825. The number of anilines is 1. The first kappa shape index (κ1) is 19.1. The van der Waals surface area contributed by atoms with Gasteiger partial charge in [0.25, 0.3) is 0 Å². The lowest BCUT2D eigenvalue weighted by Gasteiger charge is -2.20. The fraction of sp³-hybridized carbons (Fsp3) is 0.316. The van der Waals surface area contributed by atoms with Gasteiger partial charge in [-0.3, -0.25) is 4.79 Å². The fourth-order valence-electron chi connectivity index (χ4n) is 2.54. The van der Waals surface area contributed by atoms with Gasteiger partial charge in [0, 0.05) is 25.2 Å². The first-order valence-electron chi connectivity index (χ1n) is 8.12. The van der Waals surface area contributed by atoms with Crippen LogP contribution in [0.3, 0.4) is 0 Å². The summed E-state index contributed by atoms with van der Waals surface area (Å²) >= 11 is 0. The van der Waals surface area contributed by atoms with Gasteiger partial charge in [-0.2, -0.15) is 4.31 Å². The van der Waals surface area contributed by atoms with E-state index in [1.54, 1.807) is 0 Å². The highest BCUT2D eigenvalue weighted by Crippen LogP contribution is 2.16. The van der Waals surface area contributed by atoms with Gasteiger partial charge in [-0.25, -0.2) is 8.42 Å². The lowest BCUT2D eigenvalue weighted by molar-refractivity contribution is -0.116. The monoisotopic (exact) mass is 360 g/mol. The molecule has 0 aliphatic carbocycles. The summed E-state index contributed by atoms with van der Waals surface area (Å²) in [5.41, 5.74) is 3.76. The molecule has 0 aliphatic rings. The molecule has 0 aliphatic heterocycles. The van der Waals surface area contributed by atoms with Crippen LogP contribution in [0.4, 0.5) is 5.69 Å². The summed E-state index contributed by atoms with van der Waals surface area (Å²) in [5, 5.41) is 2.85. The summed E-state index contributed by atoms with van der Waals surface area (Å²) in [5.74, 6) is -0.200. The fourth-order valence-corrected chi connectivity index (χ4v) is 3.35. The minimum absolute atomic E-state index is 0.104. The average Bonchev–Trinajstić information content (AvgIpc) is 2.54. The second-order valence-corrected chi connectivity index (χ2v) is 8.18. The van der Waals surface area contributed by atoms with E-state index in [4.69, 9.17) is 0 Å². The Morgan fingerprint density at radius 3 is 2.36 bits per heavy atom. The molecule has 0 bridgehead atoms. The van der Waals surface area contributed by atoms with Crippen molar-refractivity contribution in [2.45, 2.75) is 26.8 Å². The minimum atomic E-state index is -3.39. The molecule has 2 aromatic carbocycles. The van der Waals surface area contributed by atoms with Gasteiger partial charge >= 0.3 is 0 Å². The van der Waals surface area contributed by atoms with E-state index in [9.17, 15) is 13.2 Å². The van der Waals surface area contributed by atoms with Crippen molar-refractivity contribution in [1.82, 2.24) is 4.31 Å². The Bertz CT molecular complexity index is 833. The Labute approximate surface area is 149 Å². The van der Waals surface area contributed by atoms with Crippen LogP contribution in [0, 0.1) is 13.8 Å². The van der Waals surface area contributed by atoms with E-state index in [0.29, 0.717) is 0 Å². The van der Waals surface area contributed by atoms with Gasteiger partial charge in [0.15, 0.2) is 0 Å². The maximum absolute atomic E-state index is 12.2. The van der Waals surface area contributed by atoms with Crippen molar-refractivity contribution in [3.63, 3.8) is 0 Å². The SMILES string of the molecule is Cc1ccc(NC(=O)CCN(Cc2ccccc2)S(C)(=O)=O)c(C)c1. The van der Waals surface area contributed by atoms with Crippen LogP contribution in [-0.4, -0.2) is 31.4 Å². The smallest absolute Gasteiger partial charge is 0.225 e. The van der Waals surface area contributed by atoms with Gasteiger partial charge in [-0.15, -0.1) is 0 Å². The van der Waals surface area contributed by atoms with E-state index in [1.807, 2.05) is 62.4 Å². The van der Waals surface area contributed by atoms with Gasteiger partial charge < -0.3 is 5.32 Å². The molecule has 2 rings (SSSR count). The van der Waals surface area contributed by atoms with E-state index in [0.717, 1.165) is 28.6 Å². The molecule has 1 N–H and O–H groups in total. The van der Waals surface area contributed by atoms with Crippen LogP contribution >= 0.6 is 0 Å². The molecular weight excluding hydrogens is 336 g/mol. The van der Waals surface area contributed by atoms with Crippen LogP contribution in [-0.2, 0) is 21.4 Å². The van der Waals surface area contributed by atoms with Crippen molar-refractivity contribution in [2.75, 3.05) is 18.1 Å². The average molecular weight is 360 g/mol. The lowest BCUT2D eigenvalue weighted by atomic mass is 10.1. The summed E-state index contributed by atoms with van der Waals surface area (Å²) in [6.45, 7) is 4.33. The Kier molecular flexibility index (Phi) is 6.33. The summed E-state index contributed by atoms with van der Waals surface area (Å²) in [4.78, 5) is 12.2. The predicted octanol–water partition coefficient (Wildman–Crippen LogP) is 3.09. The number of benzene rings is 2. The topological polar surface area (TPSA) is 66.5 Å². The molecule has 134 valence electrons. The van der Waals surface area contributed by atoms with Crippen LogP contribution in [0.25, 0.3) is 0 Å². The zero-order valence-corrected chi connectivity index (χ0v) is 15.6. The second-order valence-electron chi connectivity index (χ2n) is 6.20. The highest BCUT2D eigenvalue weighted by molar-refractivity contribution is 7.88. The summed E-state index contributed by atoms with van der Waals surface area (Å²) in [6.07, 6.45) is 1.27. The molecule has 1 amide bonds. The molecule has 0 atom stereocenters. The zero-order valence-electron chi connectivity index (χ0n) is 14.8. The second kappa shape index (κ2) is 8.27. The molecule has 2 aromatic rings. The highest BCUT2D eigenvalue weighted by Gasteiger charge is 2.18. The maximum atomic E-state index is 12.2. The summed E-state index contributed by atoms with van der Waals surface area (Å²) in [7, 11) is -3.39. The molecule has 0 saturated carbocycles. The molecule has 5 nitrogen and oxygen atoms in total. The number of amides is 1. The van der Waals surface area contributed by atoms with Crippen molar-refractivity contribution in [3.05, 3.63) is 65.2 Å². The third-order valence-corrected chi connectivity index (χ3v) is 5.16. The van der Waals surface area contributed by atoms with Gasteiger partial charge in [-0.05, 0) is 31.0 Å². The highest BCUT2D eigenvalue weighted by atomic mass is 32.2.